The third kappa shape index (κ3) is 4.45. The van der Waals surface area contributed by atoms with Crippen LogP contribution in [-0.4, -0.2) is 17.6 Å². The Morgan fingerprint density at radius 2 is 1.71 bits per heavy atom. The fourth-order valence-corrected chi connectivity index (χ4v) is 4.03. The summed E-state index contributed by atoms with van der Waals surface area (Å²) in [6, 6.07) is 21.9. The second kappa shape index (κ2) is 9.28. The molecule has 1 aliphatic rings. The zero-order chi connectivity index (χ0) is 20.3. The Morgan fingerprint density at radius 3 is 2.52 bits per heavy atom. The molecule has 1 aromatic heterocycles. The van der Waals surface area contributed by atoms with Gasteiger partial charge in [0.1, 0.15) is 5.82 Å². The van der Waals surface area contributed by atoms with Gasteiger partial charge >= 0.3 is 0 Å². The van der Waals surface area contributed by atoms with Crippen molar-refractivity contribution in [2.24, 2.45) is 10.2 Å². The summed E-state index contributed by atoms with van der Waals surface area (Å²) in [5, 5.41) is 10.7. The maximum Gasteiger partial charge on any atom is 0.231 e. The first kappa shape index (κ1) is 21.0. The van der Waals surface area contributed by atoms with Crippen molar-refractivity contribution in [2.45, 2.75) is 0 Å². The Morgan fingerprint density at radius 1 is 0.935 bits per heavy atom. The number of ether oxygens (including phenoxy) is 2. The Hall–Kier alpha value is -3.23. The van der Waals surface area contributed by atoms with Gasteiger partial charge in [-0.15, -0.1) is 33.4 Å². The topological polar surface area (TPSA) is 48.1 Å². The van der Waals surface area contributed by atoms with Crippen molar-refractivity contribution in [3.8, 4) is 28.4 Å². The summed E-state index contributed by atoms with van der Waals surface area (Å²) in [6.07, 6.45) is 1.68. The number of benzene rings is 3. The van der Waals surface area contributed by atoms with E-state index in [-0.39, 0.29) is 29.6 Å². The predicted octanol–water partition coefficient (Wildman–Crippen LogP) is 5.59. The smallest absolute Gasteiger partial charge is 0.231 e. The van der Waals surface area contributed by atoms with Gasteiger partial charge in [0.2, 0.25) is 11.6 Å². The monoisotopic (exact) mass is 497 g/mol. The van der Waals surface area contributed by atoms with E-state index in [9.17, 15) is 4.39 Å². The molecule has 0 bridgehead atoms. The maximum absolute atomic E-state index is 13.4. The normalized spacial score (nSPS) is 12.9. The number of halogens is 2. The van der Waals surface area contributed by atoms with Crippen LogP contribution < -0.4 is 14.3 Å². The standard InChI is InChI=1S/C23H16FN3O2S.BrH/c24-18-9-7-17(8-10-18)20-14-30-23(27(20)19-4-2-1-3-5-19)26-25-13-16-6-11-21-22(12-16)29-15-28-21;/h1-14H,15H2;1H/b25-13+,26-23+;. The minimum absolute atomic E-state index is 0. The van der Waals surface area contributed by atoms with Gasteiger partial charge in [0.05, 0.1) is 11.9 Å². The van der Waals surface area contributed by atoms with Gasteiger partial charge < -0.3 is 9.47 Å². The summed E-state index contributed by atoms with van der Waals surface area (Å²) >= 11 is 1.47. The molecule has 4 aromatic rings. The average molecular weight is 498 g/mol. The quantitative estimate of drug-likeness (QED) is 0.272. The molecule has 0 spiro atoms. The summed E-state index contributed by atoms with van der Waals surface area (Å²) in [7, 11) is 0. The Balaban J connectivity index is 0.00000231. The minimum Gasteiger partial charge on any atom is -0.454 e. The highest BCUT2D eigenvalue weighted by Crippen LogP contribution is 2.32. The number of fused-ring (bicyclic) bond motifs is 1. The lowest BCUT2D eigenvalue weighted by molar-refractivity contribution is 0.174. The van der Waals surface area contributed by atoms with Crippen LogP contribution in [0.2, 0.25) is 0 Å². The van der Waals surface area contributed by atoms with Crippen LogP contribution in [0.5, 0.6) is 11.5 Å². The zero-order valence-electron chi connectivity index (χ0n) is 16.1. The number of nitrogens with zero attached hydrogens (tertiary/aromatic N) is 3. The first-order chi connectivity index (χ1) is 14.8. The highest BCUT2D eigenvalue weighted by Gasteiger charge is 2.13. The van der Waals surface area contributed by atoms with Crippen LogP contribution in [0.25, 0.3) is 16.9 Å². The molecule has 5 rings (SSSR count). The van der Waals surface area contributed by atoms with Crippen molar-refractivity contribution in [1.29, 1.82) is 0 Å². The lowest BCUT2D eigenvalue weighted by Crippen LogP contribution is -2.13. The highest BCUT2D eigenvalue weighted by atomic mass is 79.9. The molecular formula is C23H17BrFN3O2S. The van der Waals surface area contributed by atoms with E-state index in [0.717, 1.165) is 28.3 Å². The van der Waals surface area contributed by atoms with E-state index < -0.39 is 0 Å². The average Bonchev–Trinajstić information content (AvgIpc) is 3.42. The SMILES string of the molecule is Br.Fc1ccc(-c2cs/c(=N/N=C/c3ccc4c(c3)OCO4)n2-c2ccccc2)cc1. The zero-order valence-corrected chi connectivity index (χ0v) is 18.7. The minimum atomic E-state index is -0.265. The molecule has 0 aliphatic carbocycles. The van der Waals surface area contributed by atoms with Crippen LogP contribution in [0.1, 0.15) is 5.56 Å². The lowest BCUT2D eigenvalue weighted by Gasteiger charge is -2.08. The van der Waals surface area contributed by atoms with E-state index in [2.05, 4.69) is 10.2 Å². The molecule has 0 amide bonds. The molecule has 0 radical (unpaired) electrons. The molecule has 0 saturated carbocycles. The number of hydrogen-bond acceptors (Lipinski definition) is 5. The van der Waals surface area contributed by atoms with Gasteiger partial charge in [-0.1, -0.05) is 18.2 Å². The second-order valence-electron chi connectivity index (χ2n) is 6.54. The summed E-state index contributed by atoms with van der Waals surface area (Å²) in [4.78, 5) is 0.706. The van der Waals surface area contributed by atoms with Gasteiger partial charge in [-0.3, -0.25) is 4.57 Å². The predicted molar refractivity (Wildman–Crippen MR) is 125 cm³/mol. The highest BCUT2D eigenvalue weighted by molar-refractivity contribution is 8.93. The van der Waals surface area contributed by atoms with Crippen molar-refractivity contribution in [3.63, 3.8) is 0 Å². The number of aromatic nitrogens is 1. The first-order valence-electron chi connectivity index (χ1n) is 9.26. The molecule has 0 fully saturated rings. The molecule has 0 N–H and O–H groups in total. The van der Waals surface area contributed by atoms with Gasteiger partial charge in [0.15, 0.2) is 11.5 Å². The third-order valence-corrected chi connectivity index (χ3v) is 5.43. The van der Waals surface area contributed by atoms with Gasteiger partial charge in [-0.2, -0.15) is 5.10 Å². The Labute approximate surface area is 192 Å². The van der Waals surface area contributed by atoms with Crippen molar-refractivity contribution < 1.29 is 13.9 Å². The first-order valence-corrected chi connectivity index (χ1v) is 10.1. The van der Waals surface area contributed by atoms with Crippen LogP contribution >= 0.6 is 28.3 Å². The van der Waals surface area contributed by atoms with Gasteiger partial charge in [-0.05, 0) is 65.7 Å². The molecule has 5 nitrogen and oxygen atoms in total. The van der Waals surface area contributed by atoms with E-state index in [0.29, 0.717) is 10.6 Å². The van der Waals surface area contributed by atoms with Crippen LogP contribution in [0, 0.1) is 5.82 Å². The van der Waals surface area contributed by atoms with Crippen molar-refractivity contribution in [3.05, 3.63) is 94.4 Å². The molecule has 3 aromatic carbocycles. The van der Waals surface area contributed by atoms with E-state index in [1.54, 1.807) is 18.3 Å². The van der Waals surface area contributed by atoms with Gasteiger partial charge in [0, 0.05) is 11.1 Å². The fraction of sp³-hybridized carbons (Fsp3) is 0.0435. The van der Waals surface area contributed by atoms with E-state index in [1.165, 1.54) is 23.5 Å². The van der Waals surface area contributed by atoms with Gasteiger partial charge in [-0.25, -0.2) is 4.39 Å². The fourth-order valence-electron chi connectivity index (χ4n) is 3.17. The Kier molecular flexibility index (Phi) is 6.29. The molecule has 156 valence electrons. The summed E-state index contributed by atoms with van der Waals surface area (Å²) < 4.78 is 26.1. The van der Waals surface area contributed by atoms with E-state index in [4.69, 9.17) is 9.47 Å². The van der Waals surface area contributed by atoms with Crippen LogP contribution in [0.15, 0.2) is 88.4 Å². The molecule has 2 heterocycles. The summed E-state index contributed by atoms with van der Waals surface area (Å²) in [5.41, 5.74) is 3.64. The molecule has 0 atom stereocenters. The molecule has 8 heteroatoms. The largest absolute Gasteiger partial charge is 0.454 e. The number of hydrogen-bond donors (Lipinski definition) is 0. The molecular weight excluding hydrogens is 481 g/mol. The van der Waals surface area contributed by atoms with E-state index in [1.807, 2.05) is 58.5 Å². The Bertz CT molecular complexity index is 1280. The number of para-hydroxylation sites is 1. The third-order valence-electron chi connectivity index (χ3n) is 4.61. The van der Waals surface area contributed by atoms with Crippen LogP contribution in [-0.2, 0) is 0 Å². The molecule has 31 heavy (non-hydrogen) atoms. The molecule has 0 saturated heterocycles. The molecule has 1 aliphatic heterocycles. The van der Waals surface area contributed by atoms with E-state index >= 15 is 0 Å². The number of rotatable bonds is 4. The summed E-state index contributed by atoms with van der Waals surface area (Å²) in [6.45, 7) is 0.235. The number of thiazole rings is 1. The van der Waals surface area contributed by atoms with Crippen molar-refractivity contribution in [1.82, 2.24) is 4.57 Å². The lowest BCUT2D eigenvalue weighted by atomic mass is 10.1. The van der Waals surface area contributed by atoms with Crippen molar-refractivity contribution in [2.75, 3.05) is 6.79 Å². The molecule has 0 unspecified atom stereocenters. The maximum atomic E-state index is 13.4. The summed E-state index contributed by atoms with van der Waals surface area (Å²) in [5.74, 6) is 1.17. The van der Waals surface area contributed by atoms with Crippen LogP contribution in [0.3, 0.4) is 0 Å². The van der Waals surface area contributed by atoms with Crippen molar-refractivity contribution >= 4 is 34.5 Å². The van der Waals surface area contributed by atoms with Crippen LogP contribution in [0.4, 0.5) is 4.39 Å². The second-order valence-corrected chi connectivity index (χ2v) is 7.38. The van der Waals surface area contributed by atoms with Gasteiger partial charge in [0.25, 0.3) is 0 Å².